The van der Waals surface area contributed by atoms with Crippen molar-refractivity contribution in [2.24, 2.45) is 0 Å². The van der Waals surface area contributed by atoms with Gasteiger partial charge < -0.3 is 9.73 Å². The molecule has 0 unspecified atom stereocenters. The summed E-state index contributed by atoms with van der Waals surface area (Å²) in [6.07, 6.45) is 1.82. The Labute approximate surface area is 120 Å². The van der Waals surface area contributed by atoms with Gasteiger partial charge in [-0.25, -0.2) is 0 Å². The molecule has 2 aromatic rings. The number of hydrogen-bond acceptors (Lipinski definition) is 4. The maximum Gasteiger partial charge on any atom is 0.247 e. The molecule has 0 aliphatic heterocycles. The Balaban J connectivity index is 1.98. The Morgan fingerprint density at radius 3 is 2.70 bits per heavy atom. The van der Waals surface area contributed by atoms with E-state index in [4.69, 9.17) is 4.42 Å². The molecule has 20 heavy (non-hydrogen) atoms. The monoisotopic (exact) mass is 273 g/mol. The molecule has 0 saturated carbocycles. The van der Waals surface area contributed by atoms with Gasteiger partial charge in [-0.1, -0.05) is 31.5 Å². The third kappa shape index (κ3) is 3.90. The second kappa shape index (κ2) is 6.66. The Kier molecular flexibility index (Phi) is 4.90. The number of nitrogens with one attached hydrogen (secondary N) is 1. The van der Waals surface area contributed by atoms with Crippen LogP contribution in [0.1, 0.15) is 37.3 Å². The first kappa shape index (κ1) is 14.7. The second-order valence-electron chi connectivity index (χ2n) is 5.53. The van der Waals surface area contributed by atoms with Gasteiger partial charge in [-0.15, -0.1) is 10.2 Å². The van der Waals surface area contributed by atoms with E-state index in [1.807, 2.05) is 6.07 Å². The van der Waals surface area contributed by atoms with E-state index in [0.29, 0.717) is 17.8 Å². The van der Waals surface area contributed by atoms with E-state index in [1.165, 1.54) is 11.1 Å². The van der Waals surface area contributed by atoms with E-state index in [1.54, 1.807) is 0 Å². The highest BCUT2D eigenvalue weighted by molar-refractivity contribution is 5.58. The summed E-state index contributed by atoms with van der Waals surface area (Å²) in [7, 11) is 0. The van der Waals surface area contributed by atoms with Crippen LogP contribution in [0, 0.1) is 13.8 Å². The Hall–Kier alpha value is -1.68. The SMILES string of the molecule is Cc1ccc(-c2nnc(CCCNC(C)C)o2)c(C)c1. The van der Waals surface area contributed by atoms with Crippen LogP contribution in [0.15, 0.2) is 22.6 Å². The largest absolute Gasteiger partial charge is 0.421 e. The lowest BCUT2D eigenvalue weighted by Gasteiger charge is -2.05. The summed E-state index contributed by atoms with van der Waals surface area (Å²) in [5.74, 6) is 1.33. The van der Waals surface area contributed by atoms with Crippen molar-refractivity contribution in [3.05, 3.63) is 35.2 Å². The smallest absolute Gasteiger partial charge is 0.247 e. The fourth-order valence-electron chi connectivity index (χ4n) is 2.15. The minimum Gasteiger partial charge on any atom is -0.421 e. The van der Waals surface area contributed by atoms with Gasteiger partial charge in [0.25, 0.3) is 0 Å². The molecule has 0 atom stereocenters. The van der Waals surface area contributed by atoms with Crippen LogP contribution < -0.4 is 5.32 Å². The van der Waals surface area contributed by atoms with Crippen molar-refractivity contribution >= 4 is 0 Å². The summed E-state index contributed by atoms with van der Waals surface area (Å²) in [4.78, 5) is 0. The highest BCUT2D eigenvalue weighted by Crippen LogP contribution is 2.23. The van der Waals surface area contributed by atoms with Crippen LogP contribution >= 0.6 is 0 Å². The number of benzene rings is 1. The van der Waals surface area contributed by atoms with Crippen molar-refractivity contribution in [1.29, 1.82) is 0 Å². The molecule has 2 rings (SSSR count). The molecular weight excluding hydrogens is 250 g/mol. The minimum absolute atomic E-state index is 0.517. The summed E-state index contributed by atoms with van der Waals surface area (Å²) < 4.78 is 5.75. The van der Waals surface area contributed by atoms with Crippen LogP contribution in [0.3, 0.4) is 0 Å². The van der Waals surface area contributed by atoms with Crippen molar-refractivity contribution in [2.45, 2.75) is 46.6 Å². The normalized spacial score (nSPS) is 11.2. The number of aryl methyl sites for hydroxylation is 3. The van der Waals surface area contributed by atoms with Crippen LogP contribution in [0.5, 0.6) is 0 Å². The van der Waals surface area contributed by atoms with Gasteiger partial charge in [0, 0.05) is 18.0 Å². The average molecular weight is 273 g/mol. The molecule has 1 N–H and O–H groups in total. The summed E-state index contributed by atoms with van der Waals surface area (Å²) in [6, 6.07) is 6.76. The van der Waals surface area contributed by atoms with Gasteiger partial charge in [0.05, 0.1) is 0 Å². The van der Waals surface area contributed by atoms with Gasteiger partial charge in [0.2, 0.25) is 11.8 Å². The molecule has 0 aliphatic carbocycles. The second-order valence-corrected chi connectivity index (χ2v) is 5.53. The van der Waals surface area contributed by atoms with Gasteiger partial charge in [-0.3, -0.25) is 0 Å². The molecular formula is C16H23N3O. The molecule has 108 valence electrons. The van der Waals surface area contributed by atoms with Gasteiger partial charge >= 0.3 is 0 Å². The lowest BCUT2D eigenvalue weighted by atomic mass is 10.1. The van der Waals surface area contributed by atoms with Gasteiger partial charge in [0.15, 0.2) is 0 Å². The van der Waals surface area contributed by atoms with Crippen molar-refractivity contribution in [1.82, 2.24) is 15.5 Å². The van der Waals surface area contributed by atoms with Crippen molar-refractivity contribution in [3.63, 3.8) is 0 Å². The highest BCUT2D eigenvalue weighted by Gasteiger charge is 2.10. The van der Waals surface area contributed by atoms with Crippen LogP contribution in [-0.4, -0.2) is 22.8 Å². The molecule has 1 aromatic heterocycles. The molecule has 0 aliphatic rings. The maximum absolute atomic E-state index is 5.75. The summed E-state index contributed by atoms with van der Waals surface area (Å²) in [5.41, 5.74) is 3.43. The molecule has 1 heterocycles. The van der Waals surface area contributed by atoms with Crippen molar-refractivity contribution in [3.8, 4) is 11.5 Å². The van der Waals surface area contributed by atoms with Gasteiger partial charge in [0.1, 0.15) is 0 Å². The third-order valence-corrected chi connectivity index (χ3v) is 3.20. The number of hydrogen-bond donors (Lipinski definition) is 1. The zero-order valence-electron chi connectivity index (χ0n) is 12.7. The van der Waals surface area contributed by atoms with E-state index in [-0.39, 0.29) is 0 Å². The standard InChI is InChI=1S/C16H23N3O/c1-11(2)17-9-5-6-15-18-19-16(20-15)14-8-7-12(3)10-13(14)4/h7-8,10-11,17H,5-6,9H2,1-4H3. The van der Waals surface area contributed by atoms with Gasteiger partial charge in [-0.05, 0) is 38.4 Å². The molecule has 0 amide bonds. The summed E-state index contributed by atoms with van der Waals surface area (Å²) in [6.45, 7) is 9.41. The van der Waals surface area contributed by atoms with Crippen LogP contribution in [0.25, 0.3) is 11.5 Å². The predicted molar refractivity (Wildman–Crippen MR) is 80.7 cm³/mol. The Morgan fingerprint density at radius 2 is 2.00 bits per heavy atom. The third-order valence-electron chi connectivity index (χ3n) is 3.20. The molecule has 0 bridgehead atoms. The summed E-state index contributed by atoms with van der Waals surface area (Å²) >= 11 is 0. The Morgan fingerprint density at radius 1 is 1.20 bits per heavy atom. The fourth-order valence-corrected chi connectivity index (χ4v) is 2.15. The number of rotatable bonds is 6. The first-order valence-electron chi connectivity index (χ1n) is 7.19. The van der Waals surface area contributed by atoms with Crippen LogP contribution in [0.4, 0.5) is 0 Å². The highest BCUT2D eigenvalue weighted by atomic mass is 16.4. The van der Waals surface area contributed by atoms with Crippen LogP contribution in [0.2, 0.25) is 0 Å². The number of nitrogens with zero attached hydrogens (tertiary/aromatic N) is 2. The molecule has 0 saturated heterocycles. The maximum atomic E-state index is 5.75. The average Bonchev–Trinajstić information content (AvgIpc) is 2.83. The van der Waals surface area contributed by atoms with E-state index in [9.17, 15) is 0 Å². The first-order chi connectivity index (χ1) is 9.56. The van der Waals surface area contributed by atoms with Gasteiger partial charge in [-0.2, -0.15) is 0 Å². The van der Waals surface area contributed by atoms with E-state index in [2.05, 4.69) is 55.3 Å². The van der Waals surface area contributed by atoms with E-state index in [0.717, 1.165) is 24.9 Å². The quantitative estimate of drug-likeness (QED) is 0.821. The van der Waals surface area contributed by atoms with Crippen LogP contribution in [-0.2, 0) is 6.42 Å². The zero-order chi connectivity index (χ0) is 14.5. The lowest BCUT2D eigenvalue weighted by molar-refractivity contribution is 0.484. The molecule has 4 heteroatoms. The molecule has 0 fully saturated rings. The Bertz CT molecular complexity index is 561. The van der Waals surface area contributed by atoms with Crippen molar-refractivity contribution < 1.29 is 4.42 Å². The molecule has 1 aromatic carbocycles. The number of aromatic nitrogens is 2. The summed E-state index contributed by atoms with van der Waals surface area (Å²) in [5, 5.41) is 11.7. The minimum atomic E-state index is 0.517. The molecule has 0 radical (unpaired) electrons. The fraction of sp³-hybridized carbons (Fsp3) is 0.500. The predicted octanol–water partition coefficient (Wildman–Crippen LogP) is 3.28. The molecule has 0 spiro atoms. The first-order valence-corrected chi connectivity index (χ1v) is 7.19. The lowest BCUT2D eigenvalue weighted by Crippen LogP contribution is -2.23. The van der Waals surface area contributed by atoms with Crippen molar-refractivity contribution in [2.75, 3.05) is 6.54 Å². The van der Waals surface area contributed by atoms with E-state index >= 15 is 0 Å². The zero-order valence-corrected chi connectivity index (χ0v) is 12.7. The van der Waals surface area contributed by atoms with E-state index < -0.39 is 0 Å². The molecule has 4 nitrogen and oxygen atoms in total. The topological polar surface area (TPSA) is 51.0 Å².